The summed E-state index contributed by atoms with van der Waals surface area (Å²) in [4.78, 5) is 62.6. The van der Waals surface area contributed by atoms with Crippen LogP contribution in [0.5, 0.6) is 5.88 Å². The van der Waals surface area contributed by atoms with Crippen LogP contribution >= 0.6 is 0 Å². The quantitative estimate of drug-likeness (QED) is 0.181. The van der Waals surface area contributed by atoms with E-state index in [1.807, 2.05) is 36.4 Å². The minimum atomic E-state index is -3.98. The zero-order chi connectivity index (χ0) is 39.4. The SMILES string of the molecule is Cc1cc(C(=O)N[C@H]2CCCCC/C=C\C3C[C@@]3(C(=O)NS(=O)(=O)C3(C)CC3)CC(=O)[C@@H]3C[C@@H](Oc4nc5cc(F)ccc5c5ccccc45)CN3C2=O)no1. The summed E-state index contributed by atoms with van der Waals surface area (Å²) in [6.45, 7) is 3.20. The Morgan fingerprint density at radius 2 is 1.82 bits per heavy atom. The topological polar surface area (TPSA) is 178 Å². The van der Waals surface area contributed by atoms with Crippen molar-refractivity contribution in [2.75, 3.05) is 6.54 Å². The Labute approximate surface area is 323 Å². The number of amides is 3. The molecule has 1 unspecified atom stereocenters. The van der Waals surface area contributed by atoms with Crippen molar-refractivity contribution in [3.63, 3.8) is 0 Å². The summed E-state index contributed by atoms with van der Waals surface area (Å²) in [5, 5.41) is 8.81. The number of sulfonamides is 1. The molecule has 15 heteroatoms. The first-order chi connectivity index (χ1) is 26.8. The van der Waals surface area contributed by atoms with Gasteiger partial charge in [0, 0.05) is 35.7 Å². The second-order valence-electron chi connectivity index (χ2n) is 16.0. The van der Waals surface area contributed by atoms with Gasteiger partial charge in [-0.15, -0.1) is 0 Å². The molecule has 56 heavy (non-hydrogen) atoms. The monoisotopic (exact) mass is 785 g/mol. The molecule has 5 atom stereocenters. The third-order valence-electron chi connectivity index (χ3n) is 11.9. The Bertz CT molecular complexity index is 2390. The van der Waals surface area contributed by atoms with Crippen molar-refractivity contribution in [2.45, 2.75) is 101 Å². The van der Waals surface area contributed by atoms with Crippen LogP contribution in [0.3, 0.4) is 0 Å². The molecule has 2 aromatic carbocycles. The molecule has 2 aliphatic heterocycles. The average molecular weight is 786 g/mol. The molecule has 0 radical (unpaired) electrons. The van der Waals surface area contributed by atoms with Gasteiger partial charge in [0.2, 0.25) is 27.7 Å². The molecule has 1 saturated heterocycles. The largest absolute Gasteiger partial charge is 0.472 e. The predicted molar refractivity (Wildman–Crippen MR) is 203 cm³/mol. The van der Waals surface area contributed by atoms with E-state index in [4.69, 9.17) is 9.26 Å². The maximum absolute atomic E-state index is 14.6. The zero-order valence-corrected chi connectivity index (χ0v) is 32.1. The normalized spacial score (nSPS) is 27.1. The van der Waals surface area contributed by atoms with Crippen molar-refractivity contribution in [1.82, 2.24) is 25.1 Å². The van der Waals surface area contributed by atoms with Gasteiger partial charge < -0.3 is 19.5 Å². The first-order valence-corrected chi connectivity index (χ1v) is 20.7. The van der Waals surface area contributed by atoms with Crippen molar-refractivity contribution in [2.24, 2.45) is 11.3 Å². The summed E-state index contributed by atoms with van der Waals surface area (Å²) < 4.78 is 53.7. The first-order valence-electron chi connectivity index (χ1n) is 19.2. The lowest BCUT2D eigenvalue weighted by Crippen LogP contribution is -2.52. The van der Waals surface area contributed by atoms with Crippen molar-refractivity contribution in [3.05, 3.63) is 78.0 Å². The molecule has 0 bridgehead atoms. The van der Waals surface area contributed by atoms with Gasteiger partial charge in [0.05, 0.1) is 28.3 Å². The molecule has 4 aromatic rings. The molecule has 2 aliphatic carbocycles. The number of ketones is 1. The number of fused-ring (bicyclic) bond motifs is 5. The minimum Gasteiger partial charge on any atom is -0.472 e. The highest BCUT2D eigenvalue weighted by atomic mass is 32.2. The van der Waals surface area contributed by atoms with E-state index in [2.05, 4.69) is 20.2 Å². The van der Waals surface area contributed by atoms with Gasteiger partial charge in [0.15, 0.2) is 11.5 Å². The van der Waals surface area contributed by atoms with E-state index in [-0.39, 0.29) is 43.3 Å². The molecule has 2 aromatic heterocycles. The zero-order valence-electron chi connectivity index (χ0n) is 31.3. The standard InChI is InChI=1S/C41H44FN5O8S/c1-24-18-33(45-55-24)36(49)43-31-13-7-5-3-4-6-10-25-21-41(25,39(51)46-56(52,53)40(2)16-17-40)22-35(48)34-20-27(23-47(34)38(31)50)54-37-30-12-9-8-11-28(30)29-15-14-26(42)19-32(29)44-37/h6,8-12,14-15,18-19,25,27,31,34H,3-5,7,13,16-17,20-23H2,1-2H3,(H,43,49)(H,46,51)/b10-6-/t25?,27-,31+,34+,41-/m1/s1. The molecule has 13 nitrogen and oxygen atoms in total. The van der Waals surface area contributed by atoms with Crippen molar-refractivity contribution >= 4 is 55.2 Å². The summed E-state index contributed by atoms with van der Waals surface area (Å²) in [6, 6.07) is 11.1. The molecule has 8 rings (SSSR count). The lowest BCUT2D eigenvalue weighted by molar-refractivity contribution is -0.140. The highest BCUT2D eigenvalue weighted by molar-refractivity contribution is 7.91. The van der Waals surface area contributed by atoms with Crippen LogP contribution < -0.4 is 14.8 Å². The van der Waals surface area contributed by atoms with E-state index in [1.165, 1.54) is 23.1 Å². The van der Waals surface area contributed by atoms with Gasteiger partial charge >= 0.3 is 0 Å². The van der Waals surface area contributed by atoms with Gasteiger partial charge in [-0.2, -0.15) is 0 Å². The number of ether oxygens (including phenoxy) is 1. The van der Waals surface area contributed by atoms with Crippen molar-refractivity contribution in [1.29, 1.82) is 0 Å². The molecule has 3 amide bonds. The van der Waals surface area contributed by atoms with Crippen LogP contribution in [0.15, 0.2) is 65.2 Å². The number of Topliss-reactive ketones (excluding diaryl/α,β-unsaturated/α-hetero) is 1. The van der Waals surface area contributed by atoms with E-state index in [0.29, 0.717) is 48.8 Å². The van der Waals surface area contributed by atoms with Crippen LogP contribution in [-0.2, 0) is 24.4 Å². The summed E-state index contributed by atoms with van der Waals surface area (Å²) in [5.41, 5.74) is -0.918. The molecule has 2 saturated carbocycles. The van der Waals surface area contributed by atoms with Crippen LogP contribution in [0.2, 0.25) is 0 Å². The maximum atomic E-state index is 14.6. The lowest BCUT2D eigenvalue weighted by Gasteiger charge is -2.29. The van der Waals surface area contributed by atoms with E-state index in [1.54, 1.807) is 19.9 Å². The molecule has 4 aliphatic rings. The maximum Gasteiger partial charge on any atom is 0.274 e. The molecule has 4 heterocycles. The summed E-state index contributed by atoms with van der Waals surface area (Å²) in [6.07, 6.45) is 7.15. The Morgan fingerprint density at radius 1 is 1.04 bits per heavy atom. The smallest absolute Gasteiger partial charge is 0.274 e. The number of hydrogen-bond donors (Lipinski definition) is 2. The number of hydrogen-bond acceptors (Lipinski definition) is 10. The number of benzene rings is 2. The van der Waals surface area contributed by atoms with Crippen LogP contribution in [0.4, 0.5) is 4.39 Å². The van der Waals surface area contributed by atoms with Gasteiger partial charge in [0.25, 0.3) is 5.91 Å². The Morgan fingerprint density at radius 3 is 2.57 bits per heavy atom. The third kappa shape index (κ3) is 7.17. The second kappa shape index (κ2) is 14.4. The molecule has 2 N–H and O–H groups in total. The number of carbonyl (C=O) groups is 4. The Hall–Kier alpha value is -5.18. The number of carbonyl (C=O) groups excluding carboxylic acids is 4. The van der Waals surface area contributed by atoms with E-state index >= 15 is 0 Å². The summed E-state index contributed by atoms with van der Waals surface area (Å²) in [7, 11) is -3.98. The van der Waals surface area contributed by atoms with E-state index in [9.17, 15) is 32.0 Å². The summed E-state index contributed by atoms with van der Waals surface area (Å²) in [5.74, 6) is -2.42. The highest BCUT2D eigenvalue weighted by Crippen LogP contribution is 2.57. The number of pyridine rings is 1. The molecule has 3 fully saturated rings. The number of allylic oxidation sites excluding steroid dienone is 2. The average Bonchev–Trinajstić information content (AvgIpc) is 3.97. The number of rotatable bonds is 7. The van der Waals surface area contributed by atoms with Gasteiger partial charge in [0.1, 0.15) is 23.7 Å². The van der Waals surface area contributed by atoms with Crippen LogP contribution in [0.1, 0.15) is 87.4 Å². The minimum absolute atomic E-state index is 0.0139. The molecule has 294 valence electrons. The lowest BCUT2D eigenvalue weighted by atomic mass is 9.91. The van der Waals surface area contributed by atoms with Crippen LogP contribution in [0, 0.1) is 24.1 Å². The first kappa shape index (κ1) is 37.7. The highest BCUT2D eigenvalue weighted by Gasteiger charge is 2.62. The van der Waals surface area contributed by atoms with Crippen LogP contribution in [0.25, 0.3) is 21.7 Å². The van der Waals surface area contributed by atoms with Gasteiger partial charge in [-0.3, -0.25) is 23.9 Å². The molecule has 0 spiro atoms. The van der Waals surface area contributed by atoms with Crippen LogP contribution in [-0.4, -0.2) is 76.4 Å². The van der Waals surface area contributed by atoms with Gasteiger partial charge in [-0.25, -0.2) is 17.8 Å². The number of nitrogens with one attached hydrogen (secondary N) is 2. The van der Waals surface area contributed by atoms with Gasteiger partial charge in [-0.05, 0) is 81.9 Å². The number of nitrogens with zero attached hydrogens (tertiary/aromatic N) is 3. The third-order valence-corrected chi connectivity index (χ3v) is 14.1. The van der Waals surface area contributed by atoms with E-state index < -0.39 is 67.7 Å². The fourth-order valence-corrected chi connectivity index (χ4v) is 9.47. The van der Waals surface area contributed by atoms with Gasteiger partial charge in [-0.1, -0.05) is 48.3 Å². The van der Waals surface area contributed by atoms with E-state index in [0.717, 1.165) is 23.6 Å². The number of halogens is 1. The predicted octanol–water partition coefficient (Wildman–Crippen LogP) is 5.45. The Kier molecular flexibility index (Phi) is 9.70. The Balaban J connectivity index is 1.13. The fraction of sp³-hybridized carbons (Fsp3) is 0.463. The summed E-state index contributed by atoms with van der Waals surface area (Å²) >= 11 is 0. The van der Waals surface area contributed by atoms with Crippen molar-refractivity contribution in [3.8, 4) is 5.88 Å². The number of aryl methyl sites for hydroxylation is 1. The second-order valence-corrected chi connectivity index (χ2v) is 18.2. The molecular weight excluding hydrogens is 742 g/mol. The molecular formula is C41H44FN5O8S. The number of aromatic nitrogens is 2. The van der Waals surface area contributed by atoms with Crippen molar-refractivity contribution < 1.29 is 41.2 Å². The fourth-order valence-electron chi connectivity index (χ4n) is 8.14.